The SMILES string of the molecule is O=C1CC(C(=O)O)(c2ccc(O)cc2F)C1. The van der Waals surface area contributed by atoms with E-state index in [1.807, 2.05) is 0 Å². The molecular weight excluding hydrogens is 215 g/mol. The fraction of sp³-hybridized carbons (Fsp3) is 0.273. The lowest BCUT2D eigenvalue weighted by molar-refractivity contribution is -0.153. The zero-order chi connectivity index (χ0) is 11.9. The molecule has 0 unspecified atom stereocenters. The molecule has 1 fully saturated rings. The average Bonchev–Trinajstić information content (AvgIpc) is 2.12. The summed E-state index contributed by atoms with van der Waals surface area (Å²) in [5.74, 6) is -2.48. The van der Waals surface area contributed by atoms with Crippen molar-refractivity contribution in [3.8, 4) is 5.75 Å². The molecule has 1 aliphatic carbocycles. The van der Waals surface area contributed by atoms with Crippen LogP contribution in [-0.2, 0) is 15.0 Å². The summed E-state index contributed by atoms with van der Waals surface area (Å²) in [6.45, 7) is 0. The number of benzene rings is 1. The Bertz CT molecular complexity index is 473. The number of hydrogen-bond donors (Lipinski definition) is 2. The lowest BCUT2D eigenvalue weighted by Gasteiger charge is -2.36. The summed E-state index contributed by atoms with van der Waals surface area (Å²) in [6.07, 6.45) is -0.381. The molecule has 0 bridgehead atoms. The van der Waals surface area contributed by atoms with Gasteiger partial charge in [0.05, 0.1) is 0 Å². The average molecular weight is 224 g/mol. The number of phenolic OH excluding ortho intramolecular Hbond substituents is 1. The molecule has 0 heterocycles. The number of carbonyl (C=O) groups is 2. The van der Waals surface area contributed by atoms with Crippen molar-refractivity contribution >= 4 is 11.8 Å². The number of phenols is 1. The second-order valence-corrected chi connectivity index (χ2v) is 3.94. The highest BCUT2D eigenvalue weighted by Gasteiger charge is 2.52. The van der Waals surface area contributed by atoms with Crippen molar-refractivity contribution in [2.75, 3.05) is 0 Å². The molecular formula is C11H9FO4. The minimum absolute atomic E-state index is 0.0441. The molecule has 0 amide bonds. The Morgan fingerprint density at radius 2 is 2.00 bits per heavy atom. The Morgan fingerprint density at radius 1 is 1.38 bits per heavy atom. The maximum absolute atomic E-state index is 13.5. The van der Waals surface area contributed by atoms with Gasteiger partial charge in [0.1, 0.15) is 22.8 Å². The van der Waals surface area contributed by atoms with Gasteiger partial charge in [-0.25, -0.2) is 4.39 Å². The number of rotatable bonds is 2. The highest BCUT2D eigenvalue weighted by molar-refractivity contribution is 6.01. The van der Waals surface area contributed by atoms with Crippen molar-refractivity contribution in [3.63, 3.8) is 0 Å². The second kappa shape index (κ2) is 3.30. The molecule has 84 valence electrons. The molecule has 2 rings (SSSR count). The van der Waals surface area contributed by atoms with Crippen LogP contribution in [0.1, 0.15) is 18.4 Å². The second-order valence-electron chi connectivity index (χ2n) is 3.94. The normalized spacial score (nSPS) is 17.9. The molecule has 1 saturated carbocycles. The molecule has 1 aliphatic rings. The molecule has 2 N–H and O–H groups in total. The highest BCUT2D eigenvalue weighted by Crippen LogP contribution is 2.43. The van der Waals surface area contributed by atoms with Gasteiger partial charge < -0.3 is 10.2 Å². The minimum Gasteiger partial charge on any atom is -0.508 e. The van der Waals surface area contributed by atoms with Gasteiger partial charge in [-0.1, -0.05) is 6.07 Å². The molecule has 1 aromatic carbocycles. The highest BCUT2D eigenvalue weighted by atomic mass is 19.1. The van der Waals surface area contributed by atoms with Crippen LogP contribution in [0.15, 0.2) is 18.2 Å². The van der Waals surface area contributed by atoms with Crippen molar-refractivity contribution < 1.29 is 24.2 Å². The molecule has 0 aliphatic heterocycles. The first-order chi connectivity index (χ1) is 7.45. The smallest absolute Gasteiger partial charge is 0.315 e. The van der Waals surface area contributed by atoms with Crippen molar-refractivity contribution in [1.82, 2.24) is 0 Å². The fourth-order valence-corrected chi connectivity index (χ4v) is 1.97. The zero-order valence-electron chi connectivity index (χ0n) is 8.24. The van der Waals surface area contributed by atoms with Crippen LogP contribution in [0.2, 0.25) is 0 Å². The van der Waals surface area contributed by atoms with E-state index in [2.05, 4.69) is 0 Å². The van der Waals surface area contributed by atoms with Crippen LogP contribution in [0, 0.1) is 5.82 Å². The maximum atomic E-state index is 13.5. The van der Waals surface area contributed by atoms with E-state index in [0.29, 0.717) is 0 Å². The number of Topliss-reactive ketones (excluding diaryl/α,β-unsaturated/α-hetero) is 1. The third-order valence-corrected chi connectivity index (χ3v) is 2.88. The van der Waals surface area contributed by atoms with E-state index in [1.54, 1.807) is 0 Å². The molecule has 0 atom stereocenters. The topological polar surface area (TPSA) is 74.6 Å². The summed E-state index contributed by atoms with van der Waals surface area (Å²) in [6, 6.07) is 3.28. The molecule has 5 heteroatoms. The van der Waals surface area contributed by atoms with Crippen LogP contribution in [0.4, 0.5) is 4.39 Å². The Hall–Kier alpha value is -1.91. The van der Waals surface area contributed by atoms with Crippen molar-refractivity contribution in [3.05, 3.63) is 29.6 Å². The third kappa shape index (κ3) is 1.36. The molecule has 0 spiro atoms. The van der Waals surface area contributed by atoms with E-state index in [-0.39, 0.29) is 29.9 Å². The maximum Gasteiger partial charge on any atom is 0.315 e. The number of halogens is 1. The van der Waals surface area contributed by atoms with Crippen LogP contribution in [-0.4, -0.2) is 22.0 Å². The summed E-state index contributed by atoms with van der Waals surface area (Å²) < 4.78 is 13.5. The summed E-state index contributed by atoms with van der Waals surface area (Å²) >= 11 is 0. The van der Waals surface area contributed by atoms with Gasteiger partial charge in [0.15, 0.2) is 0 Å². The van der Waals surface area contributed by atoms with E-state index in [4.69, 9.17) is 10.2 Å². The van der Waals surface area contributed by atoms with Gasteiger partial charge >= 0.3 is 5.97 Å². The van der Waals surface area contributed by atoms with Gasteiger partial charge in [-0.15, -0.1) is 0 Å². The number of carboxylic acids is 1. The standard InChI is InChI=1S/C11H9FO4/c12-9-3-6(13)1-2-8(9)11(10(15)16)4-7(14)5-11/h1-3,13H,4-5H2,(H,15,16). The molecule has 4 nitrogen and oxygen atoms in total. The Kier molecular flexibility index (Phi) is 2.18. The first kappa shape index (κ1) is 10.6. The predicted molar refractivity (Wildman–Crippen MR) is 51.6 cm³/mol. The summed E-state index contributed by atoms with van der Waals surface area (Å²) in [5, 5.41) is 18.1. The summed E-state index contributed by atoms with van der Waals surface area (Å²) in [7, 11) is 0. The molecule has 1 aromatic rings. The minimum atomic E-state index is -1.45. The monoisotopic (exact) mass is 224 g/mol. The number of carboxylic acid groups (broad SMARTS) is 1. The summed E-state index contributed by atoms with van der Waals surface area (Å²) in [5.41, 5.74) is -1.49. The Morgan fingerprint density at radius 3 is 2.44 bits per heavy atom. The van der Waals surface area contributed by atoms with Crippen LogP contribution < -0.4 is 0 Å². The molecule has 16 heavy (non-hydrogen) atoms. The van der Waals surface area contributed by atoms with E-state index in [0.717, 1.165) is 6.07 Å². The van der Waals surface area contributed by atoms with Gasteiger partial charge in [-0.3, -0.25) is 9.59 Å². The first-order valence-electron chi connectivity index (χ1n) is 4.70. The van der Waals surface area contributed by atoms with Gasteiger partial charge in [0, 0.05) is 24.5 Å². The summed E-state index contributed by atoms with van der Waals surface area (Å²) in [4.78, 5) is 22.0. The quantitative estimate of drug-likeness (QED) is 0.791. The lowest BCUT2D eigenvalue weighted by Crippen LogP contribution is -2.48. The first-order valence-corrected chi connectivity index (χ1v) is 4.70. The molecule has 0 aromatic heterocycles. The van der Waals surface area contributed by atoms with Gasteiger partial charge in [-0.05, 0) is 6.07 Å². The van der Waals surface area contributed by atoms with Crippen LogP contribution in [0.25, 0.3) is 0 Å². The Balaban J connectivity index is 2.49. The number of hydrogen-bond acceptors (Lipinski definition) is 3. The van der Waals surface area contributed by atoms with E-state index < -0.39 is 17.2 Å². The number of carbonyl (C=O) groups excluding carboxylic acids is 1. The van der Waals surface area contributed by atoms with E-state index in [1.165, 1.54) is 12.1 Å². The van der Waals surface area contributed by atoms with Crippen LogP contribution >= 0.6 is 0 Å². The van der Waals surface area contributed by atoms with Gasteiger partial charge in [0.25, 0.3) is 0 Å². The number of ketones is 1. The van der Waals surface area contributed by atoms with Crippen molar-refractivity contribution in [1.29, 1.82) is 0 Å². The molecule has 0 radical (unpaired) electrons. The van der Waals surface area contributed by atoms with Crippen LogP contribution in [0.3, 0.4) is 0 Å². The predicted octanol–water partition coefficient (Wildman–Crippen LogP) is 1.22. The van der Waals surface area contributed by atoms with Crippen LogP contribution in [0.5, 0.6) is 5.75 Å². The number of aromatic hydroxyl groups is 1. The third-order valence-electron chi connectivity index (χ3n) is 2.88. The number of aliphatic carboxylic acids is 1. The van der Waals surface area contributed by atoms with Crippen molar-refractivity contribution in [2.45, 2.75) is 18.3 Å². The fourth-order valence-electron chi connectivity index (χ4n) is 1.97. The van der Waals surface area contributed by atoms with E-state index in [9.17, 15) is 14.0 Å². The zero-order valence-corrected chi connectivity index (χ0v) is 8.24. The van der Waals surface area contributed by atoms with Gasteiger partial charge in [0.2, 0.25) is 0 Å². The lowest BCUT2D eigenvalue weighted by atomic mass is 9.63. The van der Waals surface area contributed by atoms with Gasteiger partial charge in [-0.2, -0.15) is 0 Å². The van der Waals surface area contributed by atoms with E-state index >= 15 is 0 Å². The Labute approximate surface area is 90.3 Å². The molecule has 0 saturated heterocycles. The van der Waals surface area contributed by atoms with Crippen molar-refractivity contribution in [2.24, 2.45) is 0 Å². The largest absolute Gasteiger partial charge is 0.508 e.